The van der Waals surface area contributed by atoms with Crippen molar-refractivity contribution in [2.24, 2.45) is 0 Å². The van der Waals surface area contributed by atoms with Crippen LogP contribution in [-0.4, -0.2) is 15.9 Å². The van der Waals surface area contributed by atoms with E-state index in [1.807, 2.05) is 55.5 Å². The second kappa shape index (κ2) is 8.06. The van der Waals surface area contributed by atoms with Crippen molar-refractivity contribution in [2.45, 2.75) is 19.9 Å². The predicted octanol–water partition coefficient (Wildman–Crippen LogP) is 3.58. The quantitative estimate of drug-likeness (QED) is 0.724. The Morgan fingerprint density at radius 2 is 1.84 bits per heavy atom. The van der Waals surface area contributed by atoms with Gasteiger partial charge < -0.3 is 10.6 Å². The molecule has 0 saturated heterocycles. The third-order valence-electron chi connectivity index (χ3n) is 3.72. The molecule has 2 aromatic heterocycles. The van der Waals surface area contributed by atoms with Gasteiger partial charge in [-0.15, -0.1) is 0 Å². The topological polar surface area (TPSA) is 66.9 Å². The molecule has 126 valence electrons. The Labute approximate surface area is 147 Å². The summed E-state index contributed by atoms with van der Waals surface area (Å²) in [5.74, 6) is 0.464. The standard InChI is InChI=1S/C20H20N4O/c1-15-5-7-16(8-6-15)12-20(25)24-19-10-9-18(14-23-19)22-13-17-4-2-3-11-21-17/h2-11,14,22H,12-13H2,1H3,(H,23,24,25). The van der Waals surface area contributed by atoms with Gasteiger partial charge >= 0.3 is 0 Å². The molecule has 0 unspecified atom stereocenters. The molecule has 0 aliphatic heterocycles. The maximum atomic E-state index is 12.1. The molecule has 0 bridgehead atoms. The van der Waals surface area contributed by atoms with E-state index in [2.05, 4.69) is 20.6 Å². The summed E-state index contributed by atoms with van der Waals surface area (Å²) in [6, 6.07) is 17.4. The summed E-state index contributed by atoms with van der Waals surface area (Å²) in [7, 11) is 0. The normalized spacial score (nSPS) is 10.3. The van der Waals surface area contributed by atoms with E-state index in [1.165, 1.54) is 5.56 Å². The SMILES string of the molecule is Cc1ccc(CC(=O)Nc2ccc(NCc3ccccn3)cn2)cc1. The minimum Gasteiger partial charge on any atom is -0.378 e. The summed E-state index contributed by atoms with van der Waals surface area (Å²) in [4.78, 5) is 20.6. The number of pyridine rings is 2. The van der Waals surface area contributed by atoms with Crippen molar-refractivity contribution in [1.29, 1.82) is 0 Å². The predicted molar refractivity (Wildman–Crippen MR) is 99.3 cm³/mol. The van der Waals surface area contributed by atoms with E-state index in [9.17, 15) is 4.79 Å². The van der Waals surface area contributed by atoms with Crippen LogP contribution in [0.15, 0.2) is 67.0 Å². The maximum absolute atomic E-state index is 12.1. The van der Waals surface area contributed by atoms with E-state index >= 15 is 0 Å². The number of benzene rings is 1. The van der Waals surface area contributed by atoms with Gasteiger partial charge in [-0.2, -0.15) is 0 Å². The lowest BCUT2D eigenvalue weighted by Crippen LogP contribution is -2.15. The second-order valence-corrected chi connectivity index (χ2v) is 5.82. The van der Waals surface area contributed by atoms with Gasteiger partial charge in [0.15, 0.2) is 0 Å². The van der Waals surface area contributed by atoms with E-state index in [-0.39, 0.29) is 5.91 Å². The molecule has 3 rings (SSSR count). The van der Waals surface area contributed by atoms with Crippen molar-refractivity contribution in [2.75, 3.05) is 10.6 Å². The van der Waals surface area contributed by atoms with Crippen molar-refractivity contribution in [1.82, 2.24) is 9.97 Å². The fourth-order valence-electron chi connectivity index (χ4n) is 2.35. The zero-order valence-corrected chi connectivity index (χ0v) is 14.1. The summed E-state index contributed by atoms with van der Waals surface area (Å²) in [6.45, 7) is 2.65. The summed E-state index contributed by atoms with van der Waals surface area (Å²) in [5, 5.41) is 6.06. The third kappa shape index (κ3) is 5.14. The molecule has 0 atom stereocenters. The largest absolute Gasteiger partial charge is 0.378 e. The van der Waals surface area contributed by atoms with Crippen LogP contribution in [0.4, 0.5) is 11.5 Å². The first-order chi connectivity index (χ1) is 12.2. The number of carbonyl (C=O) groups excluding carboxylic acids is 1. The summed E-state index contributed by atoms with van der Waals surface area (Å²) >= 11 is 0. The molecule has 1 aromatic carbocycles. The molecule has 0 aliphatic rings. The Bertz CT molecular complexity index is 815. The van der Waals surface area contributed by atoms with Crippen molar-refractivity contribution >= 4 is 17.4 Å². The number of anilines is 2. The highest BCUT2D eigenvalue weighted by Crippen LogP contribution is 2.12. The first-order valence-corrected chi connectivity index (χ1v) is 8.14. The number of amides is 1. The molecular formula is C20H20N4O. The molecule has 5 nitrogen and oxygen atoms in total. The summed E-state index contributed by atoms with van der Waals surface area (Å²) in [5.41, 5.74) is 4.00. The van der Waals surface area contributed by atoms with E-state index in [4.69, 9.17) is 0 Å². The van der Waals surface area contributed by atoms with Gasteiger partial charge in [0.05, 0.1) is 30.5 Å². The lowest BCUT2D eigenvalue weighted by molar-refractivity contribution is -0.115. The second-order valence-electron chi connectivity index (χ2n) is 5.82. The fraction of sp³-hybridized carbons (Fsp3) is 0.150. The van der Waals surface area contributed by atoms with Crippen LogP contribution in [0.3, 0.4) is 0 Å². The van der Waals surface area contributed by atoms with Gasteiger partial charge in [-0.25, -0.2) is 4.98 Å². The summed E-state index contributed by atoms with van der Waals surface area (Å²) in [6.07, 6.45) is 3.80. The molecule has 2 heterocycles. The summed E-state index contributed by atoms with van der Waals surface area (Å²) < 4.78 is 0. The smallest absolute Gasteiger partial charge is 0.229 e. The van der Waals surface area contributed by atoms with E-state index < -0.39 is 0 Å². The Balaban J connectivity index is 1.51. The molecule has 0 fully saturated rings. The third-order valence-corrected chi connectivity index (χ3v) is 3.72. The number of aromatic nitrogens is 2. The zero-order chi connectivity index (χ0) is 17.5. The van der Waals surface area contributed by atoms with Crippen molar-refractivity contribution in [3.8, 4) is 0 Å². The number of hydrogen-bond donors (Lipinski definition) is 2. The number of hydrogen-bond acceptors (Lipinski definition) is 4. The number of nitrogens with one attached hydrogen (secondary N) is 2. The highest BCUT2D eigenvalue weighted by atomic mass is 16.1. The van der Waals surface area contributed by atoms with Gasteiger partial charge in [0.1, 0.15) is 5.82 Å². The molecule has 0 radical (unpaired) electrons. The average molecular weight is 332 g/mol. The molecule has 0 aliphatic carbocycles. The van der Waals surface area contributed by atoms with Crippen LogP contribution >= 0.6 is 0 Å². The highest BCUT2D eigenvalue weighted by molar-refractivity contribution is 5.91. The van der Waals surface area contributed by atoms with Crippen LogP contribution in [-0.2, 0) is 17.8 Å². The van der Waals surface area contributed by atoms with Gasteiger partial charge in [-0.1, -0.05) is 35.9 Å². The van der Waals surface area contributed by atoms with Crippen LogP contribution in [0.25, 0.3) is 0 Å². The number of carbonyl (C=O) groups is 1. The van der Waals surface area contributed by atoms with Crippen LogP contribution < -0.4 is 10.6 Å². The lowest BCUT2D eigenvalue weighted by atomic mass is 10.1. The molecular weight excluding hydrogens is 312 g/mol. The Kier molecular flexibility index (Phi) is 5.36. The molecule has 2 N–H and O–H groups in total. The number of rotatable bonds is 6. The minimum atomic E-state index is -0.0782. The molecule has 1 amide bonds. The van der Waals surface area contributed by atoms with Gasteiger partial charge in [0.2, 0.25) is 5.91 Å². The van der Waals surface area contributed by atoms with Crippen molar-refractivity contribution in [3.05, 3.63) is 83.8 Å². The van der Waals surface area contributed by atoms with Gasteiger partial charge in [-0.05, 0) is 36.8 Å². The van der Waals surface area contributed by atoms with E-state index in [0.29, 0.717) is 18.8 Å². The highest BCUT2D eigenvalue weighted by Gasteiger charge is 2.05. The first kappa shape index (κ1) is 16.6. The van der Waals surface area contributed by atoms with Crippen LogP contribution in [0.5, 0.6) is 0 Å². The zero-order valence-electron chi connectivity index (χ0n) is 14.1. The average Bonchev–Trinajstić information content (AvgIpc) is 2.64. The Morgan fingerprint density at radius 3 is 2.52 bits per heavy atom. The van der Waals surface area contributed by atoms with Crippen LogP contribution in [0.1, 0.15) is 16.8 Å². The Morgan fingerprint density at radius 1 is 1.00 bits per heavy atom. The fourth-order valence-corrected chi connectivity index (χ4v) is 2.35. The monoisotopic (exact) mass is 332 g/mol. The Hall–Kier alpha value is -3.21. The van der Waals surface area contributed by atoms with Gasteiger partial charge in [0, 0.05) is 6.20 Å². The van der Waals surface area contributed by atoms with Gasteiger partial charge in [0.25, 0.3) is 0 Å². The van der Waals surface area contributed by atoms with Crippen LogP contribution in [0, 0.1) is 6.92 Å². The van der Waals surface area contributed by atoms with E-state index in [0.717, 1.165) is 16.9 Å². The number of aryl methyl sites for hydroxylation is 1. The molecule has 0 saturated carbocycles. The van der Waals surface area contributed by atoms with Crippen molar-refractivity contribution in [3.63, 3.8) is 0 Å². The molecule has 25 heavy (non-hydrogen) atoms. The molecule has 5 heteroatoms. The van der Waals surface area contributed by atoms with E-state index in [1.54, 1.807) is 18.5 Å². The maximum Gasteiger partial charge on any atom is 0.229 e. The first-order valence-electron chi connectivity index (χ1n) is 8.14. The molecule has 3 aromatic rings. The molecule has 0 spiro atoms. The minimum absolute atomic E-state index is 0.0782. The lowest BCUT2D eigenvalue weighted by Gasteiger charge is -2.08. The van der Waals surface area contributed by atoms with Crippen LogP contribution in [0.2, 0.25) is 0 Å². The number of nitrogens with zero attached hydrogens (tertiary/aromatic N) is 2. The van der Waals surface area contributed by atoms with Gasteiger partial charge in [-0.3, -0.25) is 9.78 Å². The van der Waals surface area contributed by atoms with Crippen molar-refractivity contribution < 1.29 is 4.79 Å².